The maximum absolute atomic E-state index is 6.52. The molecule has 5 heteroatoms. The molecule has 0 aromatic rings. The van der Waals surface area contributed by atoms with Crippen LogP contribution in [0.1, 0.15) is 221 Å². The molecule has 3 atom stereocenters. The highest BCUT2D eigenvalue weighted by molar-refractivity contribution is 4.92. The zero-order valence-corrected chi connectivity index (χ0v) is 33.4. The lowest BCUT2D eigenvalue weighted by atomic mass is 10.0. The Morgan fingerprint density at radius 3 is 1.12 bits per heavy atom. The Hall–Kier alpha value is -0.200. The van der Waals surface area contributed by atoms with Gasteiger partial charge in [-0.15, -0.1) is 0 Å². The van der Waals surface area contributed by atoms with Gasteiger partial charge in [0.15, 0.2) is 11.6 Å². The summed E-state index contributed by atoms with van der Waals surface area (Å²) >= 11 is 0. The van der Waals surface area contributed by atoms with Gasteiger partial charge in [-0.25, -0.2) is 0 Å². The van der Waals surface area contributed by atoms with Crippen LogP contribution in [0, 0.1) is 0 Å². The molecule has 0 spiro atoms. The predicted octanol–water partition coefficient (Wildman–Crippen LogP) is 12.9. The Balaban J connectivity index is 1.66. The molecule has 0 bridgehead atoms. The lowest BCUT2D eigenvalue weighted by molar-refractivity contribution is -0.174. The first-order valence-electron chi connectivity index (χ1n) is 21.7. The van der Waals surface area contributed by atoms with Gasteiger partial charge in [-0.2, -0.15) is 0 Å². The van der Waals surface area contributed by atoms with Gasteiger partial charge in [0.25, 0.3) is 0 Å². The minimum Gasteiger partial charge on any atom is -0.348 e. The van der Waals surface area contributed by atoms with Crippen LogP contribution in [0.3, 0.4) is 0 Å². The molecule has 286 valence electrons. The van der Waals surface area contributed by atoms with E-state index in [1.807, 2.05) is 27.7 Å². The van der Waals surface area contributed by atoms with Crippen molar-refractivity contribution in [3.8, 4) is 0 Å². The molecular formula is C43H85NO4. The average molecular weight is 680 g/mol. The molecule has 0 aromatic heterocycles. The number of rotatable bonds is 33. The summed E-state index contributed by atoms with van der Waals surface area (Å²) in [6, 6.07) is 0. The SMILES string of the molecule is CCCCCCCCCCCCCCCCN(CCCCCCCCCCCCCCCC)C[C@H]1OC(C)(C)O[C@@H]1[C@H]1COC(C)(C)O1. The van der Waals surface area contributed by atoms with E-state index in [1.54, 1.807) is 0 Å². The first kappa shape index (κ1) is 44.0. The Kier molecular flexibility index (Phi) is 25.1. The van der Waals surface area contributed by atoms with Crippen molar-refractivity contribution in [2.45, 2.75) is 251 Å². The van der Waals surface area contributed by atoms with Crippen molar-refractivity contribution in [3.63, 3.8) is 0 Å². The molecule has 0 amide bonds. The molecule has 2 aliphatic heterocycles. The van der Waals surface area contributed by atoms with E-state index in [9.17, 15) is 0 Å². The summed E-state index contributed by atoms with van der Waals surface area (Å²) in [6.45, 7) is 16.5. The highest BCUT2D eigenvalue weighted by atomic mass is 16.8. The lowest BCUT2D eigenvalue weighted by Crippen LogP contribution is -2.44. The molecule has 2 aliphatic rings. The predicted molar refractivity (Wildman–Crippen MR) is 206 cm³/mol. The van der Waals surface area contributed by atoms with E-state index in [0.29, 0.717) is 6.61 Å². The fraction of sp³-hybridized carbons (Fsp3) is 1.00. The molecule has 0 unspecified atom stereocenters. The topological polar surface area (TPSA) is 40.2 Å². The highest BCUT2D eigenvalue weighted by Gasteiger charge is 2.49. The van der Waals surface area contributed by atoms with E-state index in [1.165, 1.54) is 180 Å². The summed E-state index contributed by atoms with van der Waals surface area (Å²) in [6.07, 6.45) is 39.3. The van der Waals surface area contributed by atoms with E-state index < -0.39 is 11.6 Å². The Morgan fingerprint density at radius 2 is 0.792 bits per heavy atom. The number of unbranched alkanes of at least 4 members (excludes halogenated alkanes) is 26. The van der Waals surface area contributed by atoms with E-state index in [2.05, 4.69) is 18.7 Å². The van der Waals surface area contributed by atoms with Gasteiger partial charge >= 0.3 is 0 Å². The molecule has 2 saturated heterocycles. The molecule has 2 heterocycles. The fourth-order valence-electron chi connectivity index (χ4n) is 7.81. The summed E-state index contributed by atoms with van der Waals surface area (Å²) in [7, 11) is 0. The second-order valence-corrected chi connectivity index (χ2v) is 16.5. The first-order chi connectivity index (χ1) is 23.3. The van der Waals surface area contributed by atoms with Crippen molar-refractivity contribution < 1.29 is 18.9 Å². The molecule has 2 rings (SSSR count). The monoisotopic (exact) mass is 680 g/mol. The first-order valence-corrected chi connectivity index (χ1v) is 21.7. The lowest BCUT2D eigenvalue weighted by Gasteiger charge is -2.29. The molecule has 0 aliphatic carbocycles. The Labute approximate surface area is 300 Å². The molecule has 48 heavy (non-hydrogen) atoms. The van der Waals surface area contributed by atoms with Crippen LogP contribution in [-0.2, 0) is 18.9 Å². The Morgan fingerprint density at radius 1 is 0.438 bits per heavy atom. The van der Waals surface area contributed by atoms with Gasteiger partial charge in [0.2, 0.25) is 0 Å². The van der Waals surface area contributed by atoms with Crippen molar-refractivity contribution in [1.29, 1.82) is 0 Å². The van der Waals surface area contributed by atoms with Gasteiger partial charge < -0.3 is 23.8 Å². The minimum atomic E-state index is -0.582. The molecule has 0 saturated carbocycles. The van der Waals surface area contributed by atoms with Gasteiger partial charge in [-0.3, -0.25) is 0 Å². The quantitative estimate of drug-likeness (QED) is 0.0646. The maximum Gasteiger partial charge on any atom is 0.163 e. The van der Waals surface area contributed by atoms with Crippen LogP contribution < -0.4 is 0 Å². The summed E-state index contributed by atoms with van der Waals surface area (Å²) in [5, 5.41) is 0. The van der Waals surface area contributed by atoms with Crippen molar-refractivity contribution in [2.24, 2.45) is 0 Å². The molecule has 2 fully saturated rings. The van der Waals surface area contributed by atoms with Crippen molar-refractivity contribution >= 4 is 0 Å². The van der Waals surface area contributed by atoms with Gasteiger partial charge in [0, 0.05) is 6.54 Å². The number of ether oxygens (including phenoxy) is 4. The van der Waals surface area contributed by atoms with Gasteiger partial charge in [0.05, 0.1) is 6.61 Å². The van der Waals surface area contributed by atoms with E-state index >= 15 is 0 Å². The molecule has 0 aromatic carbocycles. The van der Waals surface area contributed by atoms with Crippen LogP contribution in [0.2, 0.25) is 0 Å². The van der Waals surface area contributed by atoms with Crippen LogP contribution in [0.5, 0.6) is 0 Å². The molecule has 5 nitrogen and oxygen atoms in total. The van der Waals surface area contributed by atoms with Crippen LogP contribution in [-0.4, -0.2) is 61.0 Å². The van der Waals surface area contributed by atoms with Gasteiger partial charge in [0.1, 0.15) is 18.3 Å². The van der Waals surface area contributed by atoms with E-state index in [4.69, 9.17) is 18.9 Å². The summed E-state index contributed by atoms with van der Waals surface area (Å²) in [4.78, 5) is 2.68. The second kappa shape index (κ2) is 27.5. The van der Waals surface area contributed by atoms with Crippen molar-refractivity contribution in [2.75, 3.05) is 26.2 Å². The van der Waals surface area contributed by atoms with Gasteiger partial charge in [-0.05, 0) is 53.6 Å². The van der Waals surface area contributed by atoms with E-state index in [0.717, 1.165) is 19.6 Å². The maximum atomic E-state index is 6.52. The van der Waals surface area contributed by atoms with Crippen LogP contribution in [0.4, 0.5) is 0 Å². The van der Waals surface area contributed by atoms with Crippen molar-refractivity contribution in [1.82, 2.24) is 4.90 Å². The van der Waals surface area contributed by atoms with Crippen LogP contribution in [0.25, 0.3) is 0 Å². The summed E-state index contributed by atoms with van der Waals surface area (Å²) in [5.74, 6) is -1.13. The standard InChI is InChI=1S/C43H85NO4/c1-7-9-11-13-15-17-19-21-23-25-27-29-31-33-35-44(36-34-32-30-28-26-24-22-20-18-16-14-12-10-8-2)37-39-41(48-43(5,6)46-39)40-38-45-42(3,4)47-40/h39-41H,7-38H2,1-6H3/t39-,40-,41+/m1/s1. The highest BCUT2D eigenvalue weighted by Crippen LogP contribution is 2.36. The minimum absolute atomic E-state index is 0.0146. The molecular weight excluding hydrogens is 594 g/mol. The molecule has 0 radical (unpaired) electrons. The normalized spacial score (nSPS) is 21.9. The molecule has 0 N–H and O–H groups in total. The fourth-order valence-corrected chi connectivity index (χ4v) is 7.81. The number of hydrogen-bond acceptors (Lipinski definition) is 5. The summed E-state index contributed by atoms with van der Waals surface area (Å²) in [5.41, 5.74) is 0. The second-order valence-electron chi connectivity index (χ2n) is 16.5. The van der Waals surface area contributed by atoms with Crippen LogP contribution >= 0.6 is 0 Å². The number of hydrogen-bond donors (Lipinski definition) is 0. The Bertz CT molecular complexity index is 696. The average Bonchev–Trinajstić information content (AvgIpc) is 3.57. The third kappa shape index (κ3) is 21.9. The zero-order chi connectivity index (χ0) is 34.8. The van der Waals surface area contributed by atoms with Crippen LogP contribution in [0.15, 0.2) is 0 Å². The zero-order valence-electron chi connectivity index (χ0n) is 33.4. The van der Waals surface area contributed by atoms with E-state index in [-0.39, 0.29) is 18.3 Å². The number of nitrogens with zero attached hydrogens (tertiary/aromatic N) is 1. The summed E-state index contributed by atoms with van der Waals surface area (Å²) < 4.78 is 25.2. The smallest absolute Gasteiger partial charge is 0.163 e. The third-order valence-corrected chi connectivity index (χ3v) is 10.7. The van der Waals surface area contributed by atoms with Gasteiger partial charge in [-0.1, -0.05) is 181 Å². The largest absolute Gasteiger partial charge is 0.348 e. The third-order valence-electron chi connectivity index (χ3n) is 10.7. The van der Waals surface area contributed by atoms with Crippen molar-refractivity contribution in [3.05, 3.63) is 0 Å².